The van der Waals surface area contributed by atoms with Crippen molar-refractivity contribution in [3.63, 3.8) is 0 Å². The van der Waals surface area contributed by atoms with E-state index in [2.05, 4.69) is 6.92 Å². The van der Waals surface area contributed by atoms with Crippen molar-refractivity contribution in [2.24, 2.45) is 5.92 Å². The lowest BCUT2D eigenvalue weighted by Gasteiger charge is -2.06. The third-order valence-corrected chi connectivity index (χ3v) is 2.45. The van der Waals surface area contributed by atoms with Crippen LogP contribution in [-0.2, 0) is 0 Å². The Kier molecular flexibility index (Phi) is 0.787. The molecule has 0 aromatic carbocycles. The second-order valence-electron chi connectivity index (χ2n) is 3.07. The van der Waals surface area contributed by atoms with Gasteiger partial charge in [0.05, 0.1) is 0 Å². The Morgan fingerprint density at radius 3 is 2.38 bits per heavy atom. The van der Waals surface area contributed by atoms with Gasteiger partial charge in [-0.25, -0.2) is 0 Å². The average molecular weight is 108 g/mol. The molecule has 2 rings (SSSR count). The van der Waals surface area contributed by atoms with E-state index in [9.17, 15) is 0 Å². The predicted molar refractivity (Wildman–Crippen MR) is 34.7 cm³/mol. The zero-order chi connectivity index (χ0) is 5.56. The van der Waals surface area contributed by atoms with Crippen LogP contribution < -0.4 is 0 Å². The minimum absolute atomic E-state index is 1.05. The van der Waals surface area contributed by atoms with E-state index < -0.39 is 0 Å². The molecule has 0 radical (unpaired) electrons. The molecule has 0 nitrogen and oxygen atoms in total. The molecule has 8 heavy (non-hydrogen) atoms. The third-order valence-electron chi connectivity index (χ3n) is 2.45. The average Bonchev–Trinajstić information content (AvgIpc) is 2.40. The van der Waals surface area contributed by atoms with Gasteiger partial charge in [0.25, 0.3) is 0 Å². The highest BCUT2D eigenvalue weighted by molar-refractivity contribution is 5.39. The van der Waals surface area contributed by atoms with Gasteiger partial charge in [0.1, 0.15) is 0 Å². The van der Waals surface area contributed by atoms with Crippen molar-refractivity contribution in [3.05, 3.63) is 11.1 Å². The maximum atomic E-state index is 2.30. The van der Waals surface area contributed by atoms with Crippen LogP contribution in [0.1, 0.15) is 32.6 Å². The van der Waals surface area contributed by atoms with Crippen LogP contribution in [-0.4, -0.2) is 0 Å². The molecule has 0 saturated heterocycles. The van der Waals surface area contributed by atoms with Crippen molar-refractivity contribution in [1.29, 1.82) is 0 Å². The molecule has 0 amide bonds. The maximum absolute atomic E-state index is 2.30. The summed E-state index contributed by atoms with van der Waals surface area (Å²) in [6.07, 6.45) is 5.71. The fourth-order valence-corrected chi connectivity index (χ4v) is 1.70. The van der Waals surface area contributed by atoms with Gasteiger partial charge in [-0.05, 0) is 25.2 Å². The Bertz CT molecular complexity index is 128. The molecule has 0 aromatic rings. The zero-order valence-corrected chi connectivity index (χ0v) is 5.41. The van der Waals surface area contributed by atoms with E-state index in [0.717, 1.165) is 5.92 Å². The van der Waals surface area contributed by atoms with Gasteiger partial charge in [-0.1, -0.05) is 24.5 Å². The van der Waals surface area contributed by atoms with E-state index in [0.29, 0.717) is 0 Å². The van der Waals surface area contributed by atoms with E-state index in [1.165, 1.54) is 25.7 Å². The highest BCUT2D eigenvalue weighted by Crippen LogP contribution is 2.48. The summed E-state index contributed by atoms with van der Waals surface area (Å²) in [6, 6.07) is 0. The Balaban J connectivity index is 1.96. The minimum Gasteiger partial charge on any atom is -0.0663 e. The summed E-state index contributed by atoms with van der Waals surface area (Å²) >= 11 is 0. The van der Waals surface area contributed by atoms with Crippen molar-refractivity contribution >= 4 is 0 Å². The van der Waals surface area contributed by atoms with E-state index in [-0.39, 0.29) is 0 Å². The van der Waals surface area contributed by atoms with Crippen LogP contribution >= 0.6 is 0 Å². The molecular weight excluding hydrogens is 96.1 g/mol. The van der Waals surface area contributed by atoms with Gasteiger partial charge in [-0.3, -0.25) is 0 Å². The van der Waals surface area contributed by atoms with Crippen LogP contribution in [0.25, 0.3) is 0 Å². The molecule has 0 fully saturated rings. The van der Waals surface area contributed by atoms with Crippen LogP contribution in [0.2, 0.25) is 0 Å². The molecule has 44 valence electrons. The van der Waals surface area contributed by atoms with Crippen LogP contribution in [0.15, 0.2) is 11.1 Å². The largest absolute Gasteiger partial charge is 0.0663 e. The Labute approximate surface area is 50.6 Å². The minimum atomic E-state index is 1.05. The summed E-state index contributed by atoms with van der Waals surface area (Å²) in [5, 5.41) is 0. The van der Waals surface area contributed by atoms with Gasteiger partial charge in [-0.15, -0.1) is 0 Å². The quantitative estimate of drug-likeness (QED) is 0.453. The smallest absolute Gasteiger partial charge is 0.0103 e. The predicted octanol–water partition coefficient (Wildman–Crippen LogP) is 2.51. The molecule has 0 saturated carbocycles. The van der Waals surface area contributed by atoms with Crippen molar-refractivity contribution < 1.29 is 0 Å². The molecule has 0 N–H and O–H groups in total. The van der Waals surface area contributed by atoms with Gasteiger partial charge in [0, 0.05) is 0 Å². The number of hydrogen-bond acceptors (Lipinski definition) is 0. The van der Waals surface area contributed by atoms with Crippen LogP contribution in [0.3, 0.4) is 0 Å². The lowest BCUT2D eigenvalue weighted by atomic mass is 9.99. The molecule has 0 atom stereocenters. The van der Waals surface area contributed by atoms with Crippen LogP contribution in [0, 0.1) is 5.92 Å². The number of hydrogen-bond donors (Lipinski definition) is 0. The number of allylic oxidation sites excluding steroid dienone is 2. The highest BCUT2D eigenvalue weighted by Gasteiger charge is 2.31. The first-order chi connectivity index (χ1) is 3.90. The molecule has 2 aliphatic carbocycles. The standard InChI is InChI=1S/C8H12/c1-2-6-3-7-5-8(7)4-6/h6H,2-5H2,1H3. The SMILES string of the molecule is CCC1CC2=C(C2)C1. The molecule has 0 unspecified atom stereocenters. The molecule has 0 aliphatic heterocycles. The summed E-state index contributed by atoms with van der Waals surface area (Å²) < 4.78 is 0. The van der Waals surface area contributed by atoms with Crippen molar-refractivity contribution in [2.45, 2.75) is 32.6 Å². The highest BCUT2D eigenvalue weighted by atomic mass is 14.4. The Morgan fingerprint density at radius 1 is 1.38 bits per heavy atom. The molecule has 0 spiro atoms. The topological polar surface area (TPSA) is 0 Å². The monoisotopic (exact) mass is 108 g/mol. The lowest BCUT2D eigenvalue weighted by molar-refractivity contribution is 0.519. The van der Waals surface area contributed by atoms with Gasteiger partial charge in [0.15, 0.2) is 0 Å². The first-order valence-electron chi connectivity index (χ1n) is 3.60. The zero-order valence-electron chi connectivity index (χ0n) is 5.41. The summed E-state index contributed by atoms with van der Waals surface area (Å²) in [5.74, 6) is 1.05. The van der Waals surface area contributed by atoms with Crippen LogP contribution in [0.5, 0.6) is 0 Å². The van der Waals surface area contributed by atoms with E-state index in [4.69, 9.17) is 0 Å². The number of rotatable bonds is 1. The Hall–Kier alpha value is -0.260. The Morgan fingerprint density at radius 2 is 2.00 bits per heavy atom. The van der Waals surface area contributed by atoms with Crippen molar-refractivity contribution in [2.75, 3.05) is 0 Å². The van der Waals surface area contributed by atoms with Crippen LogP contribution in [0.4, 0.5) is 0 Å². The first kappa shape index (κ1) is 4.60. The first-order valence-corrected chi connectivity index (χ1v) is 3.60. The van der Waals surface area contributed by atoms with Gasteiger partial charge in [0.2, 0.25) is 0 Å². The molecular formula is C8H12. The normalized spacial score (nSPS) is 26.6. The van der Waals surface area contributed by atoms with E-state index in [1.807, 2.05) is 0 Å². The van der Waals surface area contributed by atoms with Crippen molar-refractivity contribution in [3.8, 4) is 0 Å². The summed E-state index contributed by atoms with van der Waals surface area (Å²) in [5.41, 5.74) is 3.61. The van der Waals surface area contributed by atoms with E-state index >= 15 is 0 Å². The van der Waals surface area contributed by atoms with Gasteiger partial charge >= 0.3 is 0 Å². The molecule has 0 bridgehead atoms. The van der Waals surface area contributed by atoms with Crippen molar-refractivity contribution in [1.82, 2.24) is 0 Å². The molecule has 0 aromatic heterocycles. The second kappa shape index (κ2) is 1.37. The summed E-state index contributed by atoms with van der Waals surface area (Å²) in [4.78, 5) is 0. The molecule has 0 heteroatoms. The lowest BCUT2D eigenvalue weighted by Crippen LogP contribution is -1.93. The summed E-state index contributed by atoms with van der Waals surface area (Å²) in [7, 11) is 0. The fraction of sp³-hybridized carbons (Fsp3) is 0.750. The molecule has 0 heterocycles. The van der Waals surface area contributed by atoms with Gasteiger partial charge in [-0.2, -0.15) is 0 Å². The second-order valence-corrected chi connectivity index (χ2v) is 3.07. The van der Waals surface area contributed by atoms with Gasteiger partial charge < -0.3 is 0 Å². The molecule has 2 aliphatic rings. The van der Waals surface area contributed by atoms with E-state index in [1.54, 1.807) is 11.1 Å². The fourth-order valence-electron chi connectivity index (χ4n) is 1.70. The third kappa shape index (κ3) is 0.521. The summed E-state index contributed by atoms with van der Waals surface area (Å²) in [6.45, 7) is 2.30. The maximum Gasteiger partial charge on any atom is -0.0103 e.